The molecule has 0 N–H and O–H groups in total. The van der Waals surface area contributed by atoms with E-state index in [9.17, 15) is 0 Å². The van der Waals surface area contributed by atoms with Crippen LogP contribution in [0.3, 0.4) is 0 Å². The SMILES string of the molecule is CC(C)(C)N1CCC(c2nc(C3=NOC(c4c(Cl)cccc4Cl)C3)cs2)CC1. The van der Waals surface area contributed by atoms with Gasteiger partial charge in [0, 0.05) is 38.9 Å². The molecule has 150 valence electrons. The van der Waals surface area contributed by atoms with Crippen LogP contribution in [0.4, 0.5) is 0 Å². The number of oxime groups is 1. The summed E-state index contributed by atoms with van der Waals surface area (Å²) in [7, 11) is 0. The van der Waals surface area contributed by atoms with E-state index in [-0.39, 0.29) is 11.6 Å². The van der Waals surface area contributed by atoms with Crippen molar-refractivity contribution >= 4 is 40.3 Å². The quantitative estimate of drug-likeness (QED) is 0.565. The average Bonchev–Trinajstić information content (AvgIpc) is 3.30. The number of hydrogen-bond donors (Lipinski definition) is 0. The molecule has 4 nitrogen and oxygen atoms in total. The lowest BCUT2D eigenvalue weighted by Crippen LogP contribution is -2.45. The molecule has 2 aliphatic heterocycles. The fourth-order valence-electron chi connectivity index (χ4n) is 3.91. The van der Waals surface area contributed by atoms with Gasteiger partial charge < -0.3 is 4.84 Å². The van der Waals surface area contributed by atoms with Gasteiger partial charge in [-0.2, -0.15) is 0 Å². The highest BCUT2D eigenvalue weighted by atomic mass is 35.5. The molecule has 0 saturated carbocycles. The van der Waals surface area contributed by atoms with Crippen LogP contribution in [-0.2, 0) is 4.84 Å². The van der Waals surface area contributed by atoms with Crippen molar-refractivity contribution in [3.05, 3.63) is 49.9 Å². The Morgan fingerprint density at radius 3 is 2.46 bits per heavy atom. The predicted molar refractivity (Wildman–Crippen MR) is 117 cm³/mol. The zero-order valence-electron chi connectivity index (χ0n) is 16.4. The molecule has 0 spiro atoms. The Labute approximate surface area is 180 Å². The van der Waals surface area contributed by atoms with Crippen molar-refractivity contribution in [2.45, 2.75) is 57.6 Å². The summed E-state index contributed by atoms with van der Waals surface area (Å²) < 4.78 is 0. The Balaban J connectivity index is 1.42. The van der Waals surface area contributed by atoms with Gasteiger partial charge in [0.25, 0.3) is 0 Å². The molecule has 1 saturated heterocycles. The summed E-state index contributed by atoms with van der Waals surface area (Å²) in [6.45, 7) is 9.11. The Kier molecular flexibility index (Phi) is 5.71. The topological polar surface area (TPSA) is 37.7 Å². The smallest absolute Gasteiger partial charge is 0.161 e. The van der Waals surface area contributed by atoms with Gasteiger partial charge >= 0.3 is 0 Å². The van der Waals surface area contributed by atoms with Gasteiger partial charge in [-0.05, 0) is 58.8 Å². The third kappa shape index (κ3) is 4.09. The highest BCUT2D eigenvalue weighted by Crippen LogP contribution is 2.39. The minimum Gasteiger partial charge on any atom is -0.387 e. The summed E-state index contributed by atoms with van der Waals surface area (Å²) in [5.74, 6) is 0.536. The maximum absolute atomic E-state index is 6.32. The third-order valence-electron chi connectivity index (χ3n) is 5.60. The van der Waals surface area contributed by atoms with Gasteiger partial charge in [-0.3, -0.25) is 4.90 Å². The first-order chi connectivity index (χ1) is 13.3. The van der Waals surface area contributed by atoms with E-state index in [1.807, 2.05) is 18.2 Å². The fraction of sp³-hybridized carbons (Fsp3) is 0.524. The van der Waals surface area contributed by atoms with Gasteiger partial charge in [0.2, 0.25) is 0 Å². The molecule has 3 heterocycles. The minimum atomic E-state index is -0.253. The van der Waals surface area contributed by atoms with Crippen molar-refractivity contribution in [1.29, 1.82) is 0 Å². The van der Waals surface area contributed by atoms with E-state index in [4.69, 9.17) is 33.0 Å². The molecule has 4 rings (SSSR count). The van der Waals surface area contributed by atoms with Gasteiger partial charge in [-0.15, -0.1) is 11.3 Å². The minimum absolute atomic E-state index is 0.240. The van der Waals surface area contributed by atoms with Crippen LogP contribution in [0.5, 0.6) is 0 Å². The fourth-order valence-corrected chi connectivity index (χ4v) is 5.55. The van der Waals surface area contributed by atoms with Crippen molar-refractivity contribution in [3.63, 3.8) is 0 Å². The second-order valence-corrected chi connectivity index (χ2v) is 10.2. The highest BCUT2D eigenvalue weighted by Gasteiger charge is 2.31. The molecule has 0 radical (unpaired) electrons. The zero-order chi connectivity index (χ0) is 19.9. The molecule has 0 amide bonds. The van der Waals surface area contributed by atoms with E-state index in [0.717, 1.165) is 42.9 Å². The van der Waals surface area contributed by atoms with Crippen LogP contribution in [0.15, 0.2) is 28.7 Å². The maximum atomic E-state index is 6.32. The summed E-state index contributed by atoms with van der Waals surface area (Å²) in [5, 5.41) is 8.82. The van der Waals surface area contributed by atoms with E-state index in [1.54, 1.807) is 11.3 Å². The van der Waals surface area contributed by atoms with E-state index in [0.29, 0.717) is 22.4 Å². The third-order valence-corrected chi connectivity index (χ3v) is 7.27. The first-order valence-corrected chi connectivity index (χ1v) is 11.3. The van der Waals surface area contributed by atoms with Gasteiger partial charge in [0.15, 0.2) is 6.10 Å². The Morgan fingerprint density at radius 2 is 1.82 bits per heavy atom. The molecular formula is C21H25Cl2N3OS. The van der Waals surface area contributed by atoms with Crippen molar-refractivity contribution in [3.8, 4) is 0 Å². The number of hydrogen-bond acceptors (Lipinski definition) is 5. The molecule has 1 atom stereocenters. The average molecular weight is 438 g/mol. The summed E-state index contributed by atoms with van der Waals surface area (Å²) in [6, 6.07) is 5.49. The summed E-state index contributed by atoms with van der Waals surface area (Å²) in [5.41, 5.74) is 2.83. The molecule has 0 bridgehead atoms. The van der Waals surface area contributed by atoms with Crippen molar-refractivity contribution < 1.29 is 4.84 Å². The summed E-state index contributed by atoms with van der Waals surface area (Å²) in [6.07, 6.45) is 2.70. The Hall–Kier alpha value is -1.14. The number of piperidine rings is 1. The molecule has 28 heavy (non-hydrogen) atoms. The van der Waals surface area contributed by atoms with E-state index >= 15 is 0 Å². The number of likely N-dealkylation sites (tertiary alicyclic amines) is 1. The molecule has 2 aliphatic rings. The van der Waals surface area contributed by atoms with E-state index < -0.39 is 0 Å². The van der Waals surface area contributed by atoms with Gasteiger partial charge in [0.1, 0.15) is 5.71 Å². The number of rotatable bonds is 3. The Morgan fingerprint density at radius 1 is 1.14 bits per heavy atom. The number of halogens is 2. The van der Waals surface area contributed by atoms with Crippen LogP contribution < -0.4 is 0 Å². The first kappa shape index (κ1) is 20.1. The largest absolute Gasteiger partial charge is 0.387 e. The van der Waals surface area contributed by atoms with Crippen LogP contribution in [0.25, 0.3) is 0 Å². The lowest BCUT2D eigenvalue weighted by atomic mass is 9.93. The van der Waals surface area contributed by atoms with Crippen molar-refractivity contribution in [2.24, 2.45) is 5.16 Å². The first-order valence-electron chi connectivity index (χ1n) is 9.70. The molecule has 1 unspecified atom stereocenters. The molecule has 7 heteroatoms. The van der Waals surface area contributed by atoms with E-state index in [1.165, 1.54) is 5.01 Å². The molecule has 1 aromatic heterocycles. The molecule has 1 fully saturated rings. The number of nitrogens with zero attached hydrogens (tertiary/aromatic N) is 3. The standard InChI is InChI=1S/C21H25Cl2N3OS/c1-21(2,3)26-9-7-13(8-10-26)20-24-17(12-28-20)16-11-18(27-25-16)19-14(22)5-4-6-15(19)23/h4-6,12-13,18H,7-11H2,1-3H3. The predicted octanol–water partition coefficient (Wildman–Crippen LogP) is 6.29. The van der Waals surface area contributed by atoms with Crippen LogP contribution in [0.2, 0.25) is 10.0 Å². The molecular weight excluding hydrogens is 413 g/mol. The van der Waals surface area contributed by atoms with Crippen LogP contribution in [0.1, 0.15) is 68.3 Å². The molecule has 1 aromatic carbocycles. The monoisotopic (exact) mass is 437 g/mol. The summed E-state index contributed by atoms with van der Waals surface area (Å²) >= 11 is 14.4. The Bertz CT molecular complexity index is 862. The van der Waals surface area contributed by atoms with Gasteiger partial charge in [-0.25, -0.2) is 4.98 Å². The van der Waals surface area contributed by atoms with E-state index in [2.05, 4.69) is 36.2 Å². The maximum Gasteiger partial charge on any atom is 0.161 e. The van der Waals surface area contributed by atoms with Crippen molar-refractivity contribution in [2.75, 3.05) is 13.1 Å². The van der Waals surface area contributed by atoms with Crippen LogP contribution in [0, 0.1) is 0 Å². The molecule has 0 aliphatic carbocycles. The van der Waals surface area contributed by atoms with Gasteiger partial charge in [-0.1, -0.05) is 34.4 Å². The second kappa shape index (κ2) is 7.94. The number of benzene rings is 1. The number of thiazole rings is 1. The van der Waals surface area contributed by atoms with Crippen LogP contribution in [-0.4, -0.2) is 34.2 Å². The highest BCUT2D eigenvalue weighted by molar-refractivity contribution is 7.10. The normalized spacial score (nSPS) is 21.6. The zero-order valence-corrected chi connectivity index (χ0v) is 18.7. The van der Waals surface area contributed by atoms with Crippen LogP contribution >= 0.6 is 34.5 Å². The van der Waals surface area contributed by atoms with Crippen molar-refractivity contribution in [1.82, 2.24) is 9.88 Å². The molecule has 2 aromatic rings. The summed E-state index contributed by atoms with van der Waals surface area (Å²) in [4.78, 5) is 13.1. The van der Waals surface area contributed by atoms with Gasteiger partial charge in [0.05, 0.1) is 10.7 Å². The lowest BCUT2D eigenvalue weighted by molar-refractivity contribution is 0.0859. The lowest BCUT2D eigenvalue weighted by Gasteiger charge is -2.40. The second-order valence-electron chi connectivity index (χ2n) is 8.47. The number of aromatic nitrogens is 1.